The lowest BCUT2D eigenvalue weighted by Gasteiger charge is -2.36. The van der Waals surface area contributed by atoms with E-state index in [1.54, 1.807) is 12.4 Å². The quantitative estimate of drug-likeness (QED) is 0.726. The summed E-state index contributed by atoms with van der Waals surface area (Å²) in [4.78, 5) is 17.7. The molecule has 0 radical (unpaired) electrons. The molecule has 1 aliphatic heterocycles. The van der Waals surface area contributed by atoms with Crippen molar-refractivity contribution in [2.24, 2.45) is 0 Å². The third kappa shape index (κ3) is 3.24. The first kappa shape index (κ1) is 16.8. The topological polar surface area (TPSA) is 45.2 Å². The van der Waals surface area contributed by atoms with Crippen LogP contribution in [-0.2, 0) is 6.54 Å². The van der Waals surface area contributed by atoms with Crippen LogP contribution in [0.5, 0.6) is 0 Å². The molecule has 0 unspecified atom stereocenters. The smallest absolute Gasteiger partial charge is 0.132 e. The second-order valence-electron chi connectivity index (χ2n) is 6.90. The predicted octanol–water partition coefficient (Wildman–Crippen LogP) is 3.10. The van der Waals surface area contributed by atoms with Crippen molar-refractivity contribution in [3.05, 3.63) is 59.4 Å². The zero-order valence-corrected chi connectivity index (χ0v) is 15.1. The van der Waals surface area contributed by atoms with Crippen molar-refractivity contribution in [3.8, 4) is 0 Å². The van der Waals surface area contributed by atoms with E-state index in [0.29, 0.717) is 5.39 Å². The number of aromatic nitrogens is 3. The minimum atomic E-state index is -0.206. The average Bonchev–Trinajstić information content (AvgIpc) is 2.66. The van der Waals surface area contributed by atoms with E-state index in [-0.39, 0.29) is 5.82 Å². The molecule has 1 fully saturated rings. The molecule has 0 N–H and O–H groups in total. The normalized spacial score (nSPS) is 15.6. The van der Waals surface area contributed by atoms with Gasteiger partial charge in [-0.05, 0) is 37.1 Å². The molecule has 2 aromatic heterocycles. The molecule has 0 atom stereocenters. The van der Waals surface area contributed by atoms with Gasteiger partial charge >= 0.3 is 0 Å². The van der Waals surface area contributed by atoms with Crippen LogP contribution in [0.3, 0.4) is 0 Å². The highest BCUT2D eigenvalue weighted by molar-refractivity contribution is 5.85. The summed E-state index contributed by atoms with van der Waals surface area (Å²) in [6, 6.07) is 5.24. The Morgan fingerprint density at radius 2 is 1.73 bits per heavy atom. The van der Waals surface area contributed by atoms with E-state index in [1.165, 1.54) is 6.07 Å². The number of piperazine rings is 1. The fourth-order valence-electron chi connectivity index (χ4n) is 3.56. The first-order chi connectivity index (χ1) is 12.6. The molecule has 0 amide bonds. The zero-order valence-electron chi connectivity index (χ0n) is 15.1. The second-order valence-corrected chi connectivity index (χ2v) is 6.90. The van der Waals surface area contributed by atoms with Crippen LogP contribution in [0.1, 0.15) is 16.7 Å². The second kappa shape index (κ2) is 6.96. The maximum Gasteiger partial charge on any atom is 0.132 e. The van der Waals surface area contributed by atoms with Gasteiger partial charge in [-0.1, -0.05) is 6.07 Å². The third-order valence-corrected chi connectivity index (χ3v) is 4.99. The summed E-state index contributed by atoms with van der Waals surface area (Å²) in [7, 11) is 0. The van der Waals surface area contributed by atoms with Crippen molar-refractivity contribution >= 4 is 16.7 Å². The summed E-state index contributed by atoms with van der Waals surface area (Å²) in [6.07, 6.45) is 5.29. The largest absolute Gasteiger partial charge is 0.354 e. The molecule has 5 nitrogen and oxygen atoms in total. The standard InChI is InChI=1S/C20H22FN5/c1-14-3-4-18(21)17-9-15(2)20(24-19(14)17)26-7-5-25(6-8-26)12-16-10-22-13-23-11-16/h3-4,9-11,13H,5-8,12H2,1-2H3. The van der Waals surface area contributed by atoms with Gasteiger partial charge < -0.3 is 4.90 Å². The Bertz CT molecular complexity index is 920. The van der Waals surface area contributed by atoms with Crippen molar-refractivity contribution < 1.29 is 4.39 Å². The summed E-state index contributed by atoms with van der Waals surface area (Å²) in [5.74, 6) is 0.761. The van der Waals surface area contributed by atoms with Crippen LogP contribution in [0.2, 0.25) is 0 Å². The van der Waals surface area contributed by atoms with E-state index >= 15 is 0 Å². The molecule has 1 saturated heterocycles. The van der Waals surface area contributed by atoms with Crippen molar-refractivity contribution in [2.75, 3.05) is 31.1 Å². The van der Waals surface area contributed by atoms with E-state index < -0.39 is 0 Å². The van der Waals surface area contributed by atoms with Crippen molar-refractivity contribution in [1.29, 1.82) is 0 Å². The molecule has 0 bridgehead atoms. The van der Waals surface area contributed by atoms with Gasteiger partial charge in [0.05, 0.1) is 5.52 Å². The maximum atomic E-state index is 14.1. The van der Waals surface area contributed by atoms with Crippen LogP contribution >= 0.6 is 0 Å². The van der Waals surface area contributed by atoms with Gasteiger partial charge in [-0.3, -0.25) is 4.90 Å². The molecule has 0 saturated carbocycles. The molecule has 3 heterocycles. The lowest BCUT2D eigenvalue weighted by atomic mass is 10.1. The van der Waals surface area contributed by atoms with Gasteiger partial charge in [0, 0.05) is 56.1 Å². The van der Waals surface area contributed by atoms with Crippen LogP contribution in [0.25, 0.3) is 10.9 Å². The van der Waals surface area contributed by atoms with Crippen molar-refractivity contribution in [2.45, 2.75) is 20.4 Å². The Morgan fingerprint density at radius 1 is 1.00 bits per heavy atom. The van der Waals surface area contributed by atoms with Crippen molar-refractivity contribution in [1.82, 2.24) is 19.9 Å². The average molecular weight is 351 g/mol. The van der Waals surface area contributed by atoms with E-state index in [9.17, 15) is 4.39 Å². The summed E-state index contributed by atoms with van der Waals surface area (Å²) >= 11 is 0. The number of aryl methyl sites for hydroxylation is 2. The number of benzene rings is 1. The Hall–Kier alpha value is -2.60. The van der Waals surface area contributed by atoms with E-state index in [2.05, 4.69) is 19.8 Å². The van der Waals surface area contributed by atoms with Crippen LogP contribution in [-0.4, -0.2) is 46.0 Å². The molecule has 26 heavy (non-hydrogen) atoms. The predicted molar refractivity (Wildman–Crippen MR) is 101 cm³/mol. The molecule has 0 aliphatic carbocycles. The van der Waals surface area contributed by atoms with Crippen molar-refractivity contribution in [3.63, 3.8) is 0 Å². The van der Waals surface area contributed by atoms with Gasteiger partial charge in [0.1, 0.15) is 18.0 Å². The summed E-state index contributed by atoms with van der Waals surface area (Å²) < 4.78 is 14.1. The summed E-state index contributed by atoms with van der Waals surface area (Å²) in [5, 5.41) is 0.606. The molecule has 6 heteroatoms. The van der Waals surface area contributed by atoms with Crippen LogP contribution < -0.4 is 4.90 Å². The lowest BCUT2D eigenvalue weighted by Crippen LogP contribution is -2.46. The lowest BCUT2D eigenvalue weighted by molar-refractivity contribution is 0.248. The van der Waals surface area contributed by atoms with Gasteiger partial charge in [0.25, 0.3) is 0 Å². The number of hydrogen-bond donors (Lipinski definition) is 0. The summed E-state index contributed by atoms with van der Waals surface area (Å²) in [6.45, 7) is 8.57. The Balaban J connectivity index is 1.52. The molecule has 134 valence electrons. The molecule has 1 aromatic carbocycles. The van der Waals surface area contributed by atoms with Gasteiger partial charge in [-0.25, -0.2) is 19.3 Å². The molecular formula is C20H22FN5. The number of anilines is 1. The highest BCUT2D eigenvalue weighted by Gasteiger charge is 2.20. The highest BCUT2D eigenvalue weighted by Crippen LogP contribution is 2.27. The number of pyridine rings is 1. The number of hydrogen-bond acceptors (Lipinski definition) is 5. The van der Waals surface area contributed by atoms with Crippen LogP contribution in [0.15, 0.2) is 36.9 Å². The molecular weight excluding hydrogens is 329 g/mol. The van der Waals surface area contributed by atoms with Gasteiger partial charge in [-0.2, -0.15) is 0 Å². The number of rotatable bonds is 3. The maximum absolute atomic E-state index is 14.1. The Morgan fingerprint density at radius 3 is 2.46 bits per heavy atom. The number of halogens is 1. The number of nitrogens with zero attached hydrogens (tertiary/aromatic N) is 5. The first-order valence-corrected chi connectivity index (χ1v) is 8.89. The fraction of sp³-hybridized carbons (Fsp3) is 0.350. The monoisotopic (exact) mass is 351 g/mol. The molecule has 0 spiro atoms. The fourth-order valence-corrected chi connectivity index (χ4v) is 3.56. The third-order valence-electron chi connectivity index (χ3n) is 4.99. The minimum Gasteiger partial charge on any atom is -0.354 e. The molecule has 3 aromatic rings. The van der Waals surface area contributed by atoms with E-state index in [0.717, 1.165) is 60.7 Å². The summed E-state index contributed by atoms with van der Waals surface area (Å²) in [5.41, 5.74) is 3.92. The van der Waals surface area contributed by atoms with Gasteiger partial charge in [0.2, 0.25) is 0 Å². The van der Waals surface area contributed by atoms with Crippen LogP contribution in [0, 0.1) is 19.7 Å². The first-order valence-electron chi connectivity index (χ1n) is 8.89. The Kier molecular flexibility index (Phi) is 4.51. The van der Waals surface area contributed by atoms with Gasteiger partial charge in [0.15, 0.2) is 0 Å². The SMILES string of the molecule is Cc1cc2c(F)ccc(C)c2nc1N1CCN(Cc2cncnc2)CC1. The molecule has 1 aliphatic rings. The highest BCUT2D eigenvalue weighted by atomic mass is 19.1. The van der Waals surface area contributed by atoms with Crippen LogP contribution in [0.4, 0.5) is 10.2 Å². The zero-order chi connectivity index (χ0) is 18.1. The molecule has 4 rings (SSSR count). The van der Waals surface area contributed by atoms with E-state index in [1.807, 2.05) is 32.3 Å². The minimum absolute atomic E-state index is 0.206. The number of fused-ring (bicyclic) bond motifs is 1. The Labute approximate surface area is 152 Å². The van der Waals surface area contributed by atoms with Gasteiger partial charge in [-0.15, -0.1) is 0 Å². The van der Waals surface area contributed by atoms with E-state index in [4.69, 9.17) is 4.98 Å².